The summed E-state index contributed by atoms with van der Waals surface area (Å²) in [6.07, 6.45) is 3.93. The van der Waals surface area contributed by atoms with Gasteiger partial charge in [-0.05, 0) is 43.4 Å². The lowest BCUT2D eigenvalue weighted by molar-refractivity contribution is -0.134. The standard InChI is InChI=1S/C16H22N2O2/c19-16(18-10-7-13-5-3-9-17-13)15-14-6-2-1-4-12(14)8-11-20-15/h1-2,4,6,13,15,17H,3,5,7-11H2,(H,18,19)/t13-,15?/m1/s1. The smallest absolute Gasteiger partial charge is 0.253 e. The summed E-state index contributed by atoms with van der Waals surface area (Å²) < 4.78 is 5.66. The summed E-state index contributed by atoms with van der Waals surface area (Å²) in [7, 11) is 0. The van der Waals surface area contributed by atoms with E-state index in [1.54, 1.807) is 0 Å². The quantitative estimate of drug-likeness (QED) is 0.876. The predicted molar refractivity (Wildman–Crippen MR) is 77.5 cm³/mol. The largest absolute Gasteiger partial charge is 0.363 e. The minimum absolute atomic E-state index is 0.00449. The van der Waals surface area contributed by atoms with Crippen LogP contribution in [0.3, 0.4) is 0 Å². The fourth-order valence-corrected chi connectivity index (χ4v) is 3.08. The second-order valence-electron chi connectivity index (χ2n) is 5.57. The zero-order chi connectivity index (χ0) is 13.8. The van der Waals surface area contributed by atoms with Crippen LogP contribution >= 0.6 is 0 Å². The molecule has 2 N–H and O–H groups in total. The van der Waals surface area contributed by atoms with Crippen molar-refractivity contribution in [1.82, 2.24) is 10.6 Å². The Kier molecular flexibility index (Phi) is 4.33. The van der Waals surface area contributed by atoms with Gasteiger partial charge in [0.2, 0.25) is 0 Å². The number of carbonyl (C=O) groups excluding carboxylic acids is 1. The maximum Gasteiger partial charge on any atom is 0.253 e. The lowest BCUT2D eigenvalue weighted by atomic mass is 9.97. The van der Waals surface area contributed by atoms with Gasteiger partial charge in [-0.15, -0.1) is 0 Å². The fourth-order valence-electron chi connectivity index (χ4n) is 3.08. The Morgan fingerprint density at radius 3 is 3.15 bits per heavy atom. The van der Waals surface area contributed by atoms with Crippen molar-refractivity contribution in [3.8, 4) is 0 Å². The summed E-state index contributed by atoms with van der Waals surface area (Å²) in [6.45, 7) is 2.45. The predicted octanol–water partition coefficient (Wildman–Crippen LogP) is 1.56. The second-order valence-corrected chi connectivity index (χ2v) is 5.57. The Bertz CT molecular complexity index is 469. The highest BCUT2D eigenvalue weighted by Crippen LogP contribution is 2.26. The molecular weight excluding hydrogens is 252 g/mol. The van der Waals surface area contributed by atoms with Crippen LogP contribution in [0.15, 0.2) is 24.3 Å². The average molecular weight is 274 g/mol. The molecule has 20 heavy (non-hydrogen) atoms. The van der Waals surface area contributed by atoms with E-state index in [0.717, 1.165) is 31.5 Å². The van der Waals surface area contributed by atoms with Crippen molar-refractivity contribution in [3.63, 3.8) is 0 Å². The molecule has 2 aliphatic rings. The topological polar surface area (TPSA) is 50.4 Å². The summed E-state index contributed by atoms with van der Waals surface area (Å²) in [6, 6.07) is 8.63. The van der Waals surface area contributed by atoms with Gasteiger partial charge in [0.1, 0.15) is 0 Å². The number of rotatable bonds is 4. The first-order chi connectivity index (χ1) is 9.84. The van der Waals surface area contributed by atoms with Crippen LogP contribution in [-0.2, 0) is 16.0 Å². The molecule has 2 atom stereocenters. The van der Waals surface area contributed by atoms with Crippen LogP contribution in [0.5, 0.6) is 0 Å². The molecule has 1 amide bonds. The number of hydrogen-bond acceptors (Lipinski definition) is 3. The molecule has 4 heteroatoms. The summed E-state index contributed by atoms with van der Waals surface area (Å²) in [4.78, 5) is 12.3. The fraction of sp³-hybridized carbons (Fsp3) is 0.562. The Hall–Kier alpha value is -1.39. The molecule has 1 aromatic rings. The Morgan fingerprint density at radius 1 is 1.40 bits per heavy atom. The van der Waals surface area contributed by atoms with Crippen molar-refractivity contribution >= 4 is 5.91 Å². The average Bonchev–Trinajstić information content (AvgIpc) is 3.00. The maximum absolute atomic E-state index is 12.3. The van der Waals surface area contributed by atoms with Crippen molar-refractivity contribution in [1.29, 1.82) is 0 Å². The molecule has 108 valence electrons. The lowest BCUT2D eigenvalue weighted by Crippen LogP contribution is -2.36. The van der Waals surface area contributed by atoms with Crippen molar-refractivity contribution < 1.29 is 9.53 Å². The van der Waals surface area contributed by atoms with Gasteiger partial charge in [0, 0.05) is 12.6 Å². The number of carbonyl (C=O) groups is 1. The third-order valence-electron chi connectivity index (χ3n) is 4.19. The second kappa shape index (κ2) is 6.37. The first-order valence-electron chi connectivity index (χ1n) is 7.55. The van der Waals surface area contributed by atoms with Crippen molar-refractivity contribution in [2.24, 2.45) is 0 Å². The van der Waals surface area contributed by atoms with E-state index in [4.69, 9.17) is 4.74 Å². The van der Waals surface area contributed by atoms with Crippen LogP contribution in [0.4, 0.5) is 0 Å². The SMILES string of the molecule is O=C(NCC[C@H]1CCCN1)C1OCCc2ccccc21. The molecule has 0 aromatic heterocycles. The molecule has 0 saturated carbocycles. The number of hydrogen-bond donors (Lipinski definition) is 2. The highest BCUT2D eigenvalue weighted by atomic mass is 16.5. The van der Waals surface area contributed by atoms with E-state index in [1.807, 2.05) is 18.2 Å². The number of nitrogens with one attached hydrogen (secondary N) is 2. The van der Waals surface area contributed by atoms with E-state index in [2.05, 4.69) is 16.7 Å². The van der Waals surface area contributed by atoms with Gasteiger partial charge in [-0.1, -0.05) is 24.3 Å². The van der Waals surface area contributed by atoms with Crippen LogP contribution in [-0.4, -0.2) is 31.6 Å². The first kappa shape index (κ1) is 13.6. The van der Waals surface area contributed by atoms with Crippen molar-refractivity contribution in [2.75, 3.05) is 19.7 Å². The molecule has 0 radical (unpaired) electrons. The van der Waals surface area contributed by atoms with Gasteiger partial charge in [-0.2, -0.15) is 0 Å². The molecule has 3 rings (SSSR count). The summed E-state index contributed by atoms with van der Waals surface area (Å²) in [5.74, 6) is -0.00449. The van der Waals surface area contributed by atoms with Gasteiger partial charge in [0.25, 0.3) is 5.91 Å². The number of fused-ring (bicyclic) bond motifs is 1. The summed E-state index contributed by atoms with van der Waals surface area (Å²) in [5, 5.41) is 6.46. The van der Waals surface area contributed by atoms with Gasteiger partial charge < -0.3 is 15.4 Å². The monoisotopic (exact) mass is 274 g/mol. The van der Waals surface area contributed by atoms with E-state index in [1.165, 1.54) is 18.4 Å². The maximum atomic E-state index is 12.3. The molecule has 0 bridgehead atoms. The van der Waals surface area contributed by atoms with Crippen molar-refractivity contribution in [2.45, 2.75) is 37.8 Å². The third-order valence-corrected chi connectivity index (χ3v) is 4.19. The Morgan fingerprint density at radius 2 is 2.30 bits per heavy atom. The summed E-state index contributed by atoms with van der Waals surface area (Å²) in [5.41, 5.74) is 2.26. The third kappa shape index (κ3) is 3.02. The number of ether oxygens (including phenoxy) is 1. The normalized spacial score (nSPS) is 25.2. The van der Waals surface area contributed by atoms with E-state index < -0.39 is 6.10 Å². The van der Waals surface area contributed by atoms with Crippen LogP contribution in [0.1, 0.15) is 36.5 Å². The van der Waals surface area contributed by atoms with E-state index >= 15 is 0 Å². The highest BCUT2D eigenvalue weighted by molar-refractivity contribution is 5.82. The Balaban J connectivity index is 1.55. The zero-order valence-electron chi connectivity index (χ0n) is 11.7. The minimum atomic E-state index is -0.434. The van der Waals surface area contributed by atoms with Gasteiger partial charge >= 0.3 is 0 Å². The Labute approximate surface area is 119 Å². The van der Waals surface area contributed by atoms with Gasteiger partial charge in [-0.25, -0.2) is 0 Å². The van der Waals surface area contributed by atoms with E-state index in [0.29, 0.717) is 12.6 Å². The van der Waals surface area contributed by atoms with E-state index in [9.17, 15) is 4.79 Å². The molecule has 1 unspecified atom stereocenters. The number of benzene rings is 1. The number of amides is 1. The van der Waals surface area contributed by atoms with Crippen LogP contribution in [0, 0.1) is 0 Å². The molecule has 1 fully saturated rings. The van der Waals surface area contributed by atoms with Crippen LogP contribution in [0.2, 0.25) is 0 Å². The molecule has 0 aliphatic carbocycles. The molecule has 2 heterocycles. The van der Waals surface area contributed by atoms with Gasteiger partial charge in [-0.3, -0.25) is 4.79 Å². The first-order valence-corrected chi connectivity index (χ1v) is 7.55. The molecule has 2 aliphatic heterocycles. The molecule has 1 saturated heterocycles. The summed E-state index contributed by atoms with van der Waals surface area (Å²) >= 11 is 0. The van der Waals surface area contributed by atoms with Crippen molar-refractivity contribution in [3.05, 3.63) is 35.4 Å². The highest BCUT2D eigenvalue weighted by Gasteiger charge is 2.27. The molecule has 1 aromatic carbocycles. The molecule has 4 nitrogen and oxygen atoms in total. The van der Waals surface area contributed by atoms with Crippen LogP contribution < -0.4 is 10.6 Å². The van der Waals surface area contributed by atoms with Crippen LogP contribution in [0.25, 0.3) is 0 Å². The molecule has 0 spiro atoms. The van der Waals surface area contributed by atoms with Gasteiger partial charge in [0.05, 0.1) is 6.61 Å². The minimum Gasteiger partial charge on any atom is -0.363 e. The lowest BCUT2D eigenvalue weighted by Gasteiger charge is -2.25. The zero-order valence-corrected chi connectivity index (χ0v) is 11.7. The van der Waals surface area contributed by atoms with Gasteiger partial charge in [0.15, 0.2) is 6.10 Å². The van der Waals surface area contributed by atoms with E-state index in [-0.39, 0.29) is 5.91 Å². The molecular formula is C16H22N2O2.